The number of carboxylic acids is 1. The van der Waals surface area contributed by atoms with E-state index < -0.39 is 5.97 Å². The van der Waals surface area contributed by atoms with Crippen LogP contribution in [0, 0.1) is 17.7 Å². The molecule has 1 N–H and O–H groups in total. The first-order valence-corrected chi connectivity index (χ1v) is 8.71. The number of carbonyl (C=O) groups excluding carboxylic acids is 1. The summed E-state index contributed by atoms with van der Waals surface area (Å²) in [7, 11) is 0. The summed E-state index contributed by atoms with van der Waals surface area (Å²) in [6, 6.07) is 6.68. The number of aliphatic carboxylic acids is 1. The van der Waals surface area contributed by atoms with Crippen LogP contribution in [0.3, 0.4) is 0 Å². The molecule has 2 atom stereocenters. The molecule has 5 heteroatoms. The zero-order chi connectivity index (χ0) is 17.5. The monoisotopic (exact) mass is 335 g/mol. The van der Waals surface area contributed by atoms with Crippen LogP contribution in [0.1, 0.15) is 44.6 Å². The van der Waals surface area contributed by atoms with Crippen molar-refractivity contribution in [1.29, 1.82) is 0 Å². The number of hydrogen-bond donors (Lipinski definition) is 1. The van der Waals surface area contributed by atoms with E-state index in [1.165, 1.54) is 6.07 Å². The molecule has 1 saturated heterocycles. The van der Waals surface area contributed by atoms with Crippen molar-refractivity contribution in [3.63, 3.8) is 0 Å². The SMILES string of the molecule is CC(CCc1ccccc1F)C(=O)N1CCCC(CCC(=O)O)C1. The first kappa shape index (κ1) is 18.4. The smallest absolute Gasteiger partial charge is 0.303 e. The second kappa shape index (κ2) is 8.81. The lowest BCUT2D eigenvalue weighted by Crippen LogP contribution is -2.42. The van der Waals surface area contributed by atoms with Crippen molar-refractivity contribution in [3.05, 3.63) is 35.6 Å². The fourth-order valence-electron chi connectivity index (χ4n) is 3.34. The van der Waals surface area contributed by atoms with Gasteiger partial charge < -0.3 is 10.0 Å². The predicted octanol–water partition coefficient (Wildman–Crippen LogP) is 3.50. The van der Waals surface area contributed by atoms with E-state index in [4.69, 9.17) is 5.11 Å². The van der Waals surface area contributed by atoms with Gasteiger partial charge in [0.05, 0.1) is 0 Å². The number of carboxylic acid groups (broad SMARTS) is 1. The van der Waals surface area contributed by atoms with Crippen LogP contribution in [0.4, 0.5) is 4.39 Å². The third-order valence-electron chi connectivity index (χ3n) is 4.82. The minimum atomic E-state index is -0.781. The van der Waals surface area contributed by atoms with Crippen molar-refractivity contribution in [1.82, 2.24) is 4.90 Å². The Morgan fingerprint density at radius 3 is 2.83 bits per heavy atom. The maximum absolute atomic E-state index is 13.7. The fraction of sp³-hybridized carbons (Fsp3) is 0.579. The summed E-state index contributed by atoms with van der Waals surface area (Å²) in [6.07, 6.45) is 3.88. The molecule has 0 bridgehead atoms. The molecule has 2 unspecified atom stereocenters. The molecule has 0 saturated carbocycles. The Kier molecular flexibility index (Phi) is 6.76. The van der Waals surface area contributed by atoms with Crippen molar-refractivity contribution in [2.75, 3.05) is 13.1 Å². The fourth-order valence-corrected chi connectivity index (χ4v) is 3.34. The summed E-state index contributed by atoms with van der Waals surface area (Å²) in [4.78, 5) is 25.2. The number of nitrogens with zero attached hydrogens (tertiary/aromatic N) is 1. The highest BCUT2D eigenvalue weighted by Gasteiger charge is 2.27. The van der Waals surface area contributed by atoms with Gasteiger partial charge in [-0.15, -0.1) is 0 Å². The highest BCUT2D eigenvalue weighted by Crippen LogP contribution is 2.23. The van der Waals surface area contributed by atoms with Gasteiger partial charge in [-0.3, -0.25) is 9.59 Å². The molecule has 0 aromatic heterocycles. The van der Waals surface area contributed by atoms with Crippen molar-refractivity contribution in [2.24, 2.45) is 11.8 Å². The molecule has 1 aromatic carbocycles. The first-order valence-electron chi connectivity index (χ1n) is 8.71. The summed E-state index contributed by atoms with van der Waals surface area (Å²) in [6.45, 7) is 3.28. The van der Waals surface area contributed by atoms with Gasteiger partial charge in [-0.2, -0.15) is 0 Å². The number of carbonyl (C=O) groups is 2. The zero-order valence-corrected chi connectivity index (χ0v) is 14.2. The standard InChI is InChI=1S/C19H26FNO3/c1-14(8-10-16-6-2-3-7-17(16)20)19(24)21-12-4-5-15(13-21)9-11-18(22)23/h2-3,6-7,14-15H,4-5,8-13H2,1H3,(H,22,23). The molecule has 24 heavy (non-hydrogen) atoms. The van der Waals surface area contributed by atoms with Crippen LogP contribution >= 0.6 is 0 Å². The lowest BCUT2D eigenvalue weighted by molar-refractivity contribution is -0.138. The normalized spacial score (nSPS) is 19.1. The van der Waals surface area contributed by atoms with E-state index in [1.54, 1.807) is 12.1 Å². The van der Waals surface area contributed by atoms with E-state index in [2.05, 4.69) is 0 Å². The van der Waals surface area contributed by atoms with E-state index in [-0.39, 0.29) is 30.0 Å². The minimum absolute atomic E-state index is 0.103. The van der Waals surface area contributed by atoms with E-state index in [9.17, 15) is 14.0 Å². The van der Waals surface area contributed by atoms with Gasteiger partial charge >= 0.3 is 5.97 Å². The van der Waals surface area contributed by atoms with Crippen LogP contribution < -0.4 is 0 Å². The average molecular weight is 335 g/mol. The first-order chi connectivity index (χ1) is 11.5. The Morgan fingerprint density at radius 1 is 1.38 bits per heavy atom. The lowest BCUT2D eigenvalue weighted by Gasteiger charge is -2.34. The van der Waals surface area contributed by atoms with E-state index in [0.717, 1.165) is 19.4 Å². The topological polar surface area (TPSA) is 57.6 Å². The Hall–Kier alpha value is -1.91. The highest BCUT2D eigenvalue weighted by atomic mass is 19.1. The molecular formula is C19H26FNO3. The van der Waals surface area contributed by atoms with Gasteiger partial charge in [-0.05, 0) is 49.7 Å². The van der Waals surface area contributed by atoms with Gasteiger partial charge in [0, 0.05) is 25.4 Å². The molecule has 1 aliphatic heterocycles. The summed E-state index contributed by atoms with van der Waals surface area (Å²) >= 11 is 0. The molecule has 132 valence electrons. The Bertz CT molecular complexity index is 575. The Balaban J connectivity index is 1.83. The number of likely N-dealkylation sites (tertiary alicyclic amines) is 1. The molecular weight excluding hydrogens is 309 g/mol. The number of halogens is 1. The van der Waals surface area contributed by atoms with E-state index >= 15 is 0 Å². The lowest BCUT2D eigenvalue weighted by atomic mass is 9.92. The molecule has 1 amide bonds. The van der Waals surface area contributed by atoms with Gasteiger partial charge in [0.25, 0.3) is 0 Å². The van der Waals surface area contributed by atoms with Crippen molar-refractivity contribution >= 4 is 11.9 Å². The summed E-state index contributed by atoms with van der Waals surface area (Å²) in [5.74, 6) is -0.771. The van der Waals surface area contributed by atoms with Crippen molar-refractivity contribution in [2.45, 2.75) is 45.4 Å². The summed E-state index contributed by atoms with van der Waals surface area (Å²) in [5, 5.41) is 8.80. The molecule has 2 rings (SSSR count). The van der Waals surface area contributed by atoms with E-state index in [0.29, 0.717) is 31.4 Å². The maximum atomic E-state index is 13.7. The second-order valence-electron chi connectivity index (χ2n) is 6.76. The Morgan fingerprint density at radius 2 is 2.12 bits per heavy atom. The zero-order valence-electron chi connectivity index (χ0n) is 14.2. The molecule has 0 spiro atoms. The molecule has 0 radical (unpaired) electrons. The minimum Gasteiger partial charge on any atom is -0.481 e. The van der Waals surface area contributed by atoms with Gasteiger partial charge in [-0.25, -0.2) is 4.39 Å². The van der Waals surface area contributed by atoms with E-state index in [1.807, 2.05) is 17.9 Å². The van der Waals surface area contributed by atoms with Crippen molar-refractivity contribution in [3.8, 4) is 0 Å². The number of rotatable bonds is 7. The van der Waals surface area contributed by atoms with Crippen LogP contribution in [0.25, 0.3) is 0 Å². The summed E-state index contributed by atoms with van der Waals surface area (Å²) < 4.78 is 13.7. The van der Waals surface area contributed by atoms with Gasteiger partial charge in [0.15, 0.2) is 0 Å². The average Bonchev–Trinajstić information content (AvgIpc) is 2.58. The highest BCUT2D eigenvalue weighted by molar-refractivity contribution is 5.78. The molecule has 0 aliphatic carbocycles. The Labute approximate surface area is 142 Å². The molecule has 4 nitrogen and oxygen atoms in total. The van der Waals surface area contributed by atoms with Crippen LogP contribution in [-0.2, 0) is 16.0 Å². The van der Waals surface area contributed by atoms with Crippen LogP contribution in [0.2, 0.25) is 0 Å². The van der Waals surface area contributed by atoms with Gasteiger partial charge in [-0.1, -0.05) is 25.1 Å². The van der Waals surface area contributed by atoms with Crippen molar-refractivity contribution < 1.29 is 19.1 Å². The summed E-state index contributed by atoms with van der Waals surface area (Å²) in [5.41, 5.74) is 0.648. The number of amides is 1. The molecule has 1 aromatic rings. The number of aryl methyl sites for hydroxylation is 1. The van der Waals surface area contributed by atoms with Gasteiger partial charge in [0.2, 0.25) is 5.91 Å². The molecule has 1 heterocycles. The number of benzene rings is 1. The third kappa shape index (κ3) is 5.32. The largest absolute Gasteiger partial charge is 0.481 e. The number of hydrogen-bond acceptors (Lipinski definition) is 2. The molecule has 1 aliphatic rings. The number of piperidine rings is 1. The predicted molar refractivity (Wildman–Crippen MR) is 90.1 cm³/mol. The van der Waals surface area contributed by atoms with Crippen LogP contribution in [0.5, 0.6) is 0 Å². The maximum Gasteiger partial charge on any atom is 0.303 e. The van der Waals surface area contributed by atoms with Crippen LogP contribution in [-0.4, -0.2) is 35.0 Å². The second-order valence-corrected chi connectivity index (χ2v) is 6.76. The third-order valence-corrected chi connectivity index (χ3v) is 4.82. The van der Waals surface area contributed by atoms with Gasteiger partial charge in [0.1, 0.15) is 5.82 Å². The quantitative estimate of drug-likeness (QED) is 0.830. The molecule has 1 fully saturated rings. The van der Waals surface area contributed by atoms with Crippen LogP contribution in [0.15, 0.2) is 24.3 Å².